The number of carbonyl (C=O) groups excluding carboxylic acids is 2. The van der Waals surface area contributed by atoms with E-state index in [1.165, 1.54) is 12.8 Å². The zero-order valence-corrected chi connectivity index (χ0v) is 24.6. The molecule has 7 nitrogen and oxygen atoms in total. The number of ether oxygens (including phenoxy) is 3. The summed E-state index contributed by atoms with van der Waals surface area (Å²) >= 11 is 0. The number of nitrogens with one attached hydrogen (secondary N) is 1. The monoisotopic (exact) mass is 548 g/mol. The Balaban J connectivity index is 1.78. The van der Waals surface area contributed by atoms with Crippen LogP contribution in [-0.2, 0) is 16.1 Å². The lowest BCUT2D eigenvalue weighted by Gasteiger charge is -2.26. The molecule has 0 unspecified atom stereocenters. The smallest absolute Gasteiger partial charge is 0.349 e. The summed E-state index contributed by atoms with van der Waals surface area (Å²) in [5.74, 6) is 0.808. The highest BCUT2D eigenvalue weighted by Gasteiger charge is 2.31. The maximum Gasteiger partial charge on any atom is 0.349 e. The van der Waals surface area contributed by atoms with Gasteiger partial charge in [-0.3, -0.25) is 0 Å². The van der Waals surface area contributed by atoms with E-state index in [-0.39, 0.29) is 6.03 Å². The number of benzene rings is 3. The lowest BCUT2D eigenvalue weighted by atomic mass is 10.1. The van der Waals surface area contributed by atoms with Crippen LogP contribution >= 0.6 is 0 Å². The summed E-state index contributed by atoms with van der Waals surface area (Å²) in [6.07, 6.45) is 5.53. The number of amides is 2. The van der Waals surface area contributed by atoms with Crippen molar-refractivity contribution in [2.45, 2.75) is 78.9 Å². The van der Waals surface area contributed by atoms with Crippen molar-refractivity contribution < 1.29 is 23.8 Å². The maximum absolute atomic E-state index is 13.7. The fraction of sp³-hybridized carbons (Fsp3) is 0.455. The standard InChI is InChI=1S/C33H44N2O5/c1-6-9-10-11-14-23-35(24-25-17-20-27(21-18-25)40-33(4,5)31(36)39-8-3)32(37)34-30-28-16-13-12-15-26(28)19-22-29(30)38-7-2/h12-13,15-22H,6-11,14,23-24H2,1-5H3,(H,34,37). The van der Waals surface area contributed by atoms with E-state index in [9.17, 15) is 9.59 Å². The van der Waals surface area contributed by atoms with E-state index in [2.05, 4.69) is 12.2 Å². The molecule has 40 heavy (non-hydrogen) atoms. The number of hydrogen-bond donors (Lipinski definition) is 1. The van der Waals surface area contributed by atoms with E-state index in [4.69, 9.17) is 14.2 Å². The molecule has 1 N–H and O–H groups in total. The topological polar surface area (TPSA) is 77.1 Å². The van der Waals surface area contributed by atoms with Crippen LogP contribution in [0.2, 0.25) is 0 Å². The molecule has 3 aromatic carbocycles. The van der Waals surface area contributed by atoms with Crippen LogP contribution in [0.25, 0.3) is 10.8 Å². The minimum absolute atomic E-state index is 0.170. The molecule has 0 spiro atoms. The van der Waals surface area contributed by atoms with E-state index in [1.54, 1.807) is 20.8 Å². The second-order valence-corrected chi connectivity index (χ2v) is 10.3. The van der Waals surface area contributed by atoms with Gasteiger partial charge in [0.15, 0.2) is 5.60 Å². The Hall–Kier alpha value is -3.74. The third-order valence-electron chi connectivity index (χ3n) is 6.68. The van der Waals surface area contributed by atoms with Gasteiger partial charge in [0.25, 0.3) is 0 Å². The van der Waals surface area contributed by atoms with E-state index in [0.717, 1.165) is 35.6 Å². The van der Waals surface area contributed by atoms with Crippen LogP contribution < -0.4 is 14.8 Å². The van der Waals surface area contributed by atoms with Crippen LogP contribution in [0.4, 0.5) is 10.5 Å². The van der Waals surface area contributed by atoms with Gasteiger partial charge < -0.3 is 24.4 Å². The number of esters is 1. The Morgan fingerprint density at radius 1 is 0.850 bits per heavy atom. The first-order chi connectivity index (χ1) is 19.3. The number of carbonyl (C=O) groups is 2. The summed E-state index contributed by atoms with van der Waals surface area (Å²) < 4.78 is 16.9. The number of fused-ring (bicyclic) bond motifs is 1. The Kier molecular flexibility index (Phi) is 11.7. The highest BCUT2D eigenvalue weighted by Crippen LogP contribution is 2.34. The van der Waals surface area contributed by atoms with Crippen molar-refractivity contribution in [3.8, 4) is 11.5 Å². The molecule has 216 valence electrons. The molecule has 0 heterocycles. The van der Waals surface area contributed by atoms with E-state index >= 15 is 0 Å². The predicted octanol–water partition coefficient (Wildman–Crippen LogP) is 7.96. The SMILES string of the molecule is CCCCCCCN(Cc1ccc(OC(C)(C)C(=O)OCC)cc1)C(=O)Nc1c(OCC)ccc2ccccc12. The average molecular weight is 549 g/mol. The number of hydrogen-bond acceptors (Lipinski definition) is 5. The number of anilines is 1. The molecule has 0 fully saturated rings. The van der Waals surface area contributed by atoms with Crippen molar-refractivity contribution in [2.75, 3.05) is 25.1 Å². The average Bonchev–Trinajstić information content (AvgIpc) is 2.94. The van der Waals surface area contributed by atoms with Crippen molar-refractivity contribution in [1.82, 2.24) is 4.90 Å². The highest BCUT2D eigenvalue weighted by molar-refractivity contribution is 6.04. The molecule has 3 rings (SSSR count). The molecule has 0 aromatic heterocycles. The van der Waals surface area contributed by atoms with Crippen molar-refractivity contribution in [2.24, 2.45) is 0 Å². The first-order valence-electron chi connectivity index (χ1n) is 14.4. The van der Waals surface area contributed by atoms with Crippen LogP contribution in [-0.4, -0.2) is 42.3 Å². The van der Waals surface area contributed by atoms with Gasteiger partial charge in [0.2, 0.25) is 0 Å². The maximum atomic E-state index is 13.7. The first-order valence-corrected chi connectivity index (χ1v) is 14.4. The first kappa shape index (κ1) is 30.8. The summed E-state index contributed by atoms with van der Waals surface area (Å²) in [5.41, 5.74) is 0.553. The minimum Gasteiger partial charge on any atom is -0.492 e. The lowest BCUT2D eigenvalue weighted by Crippen LogP contribution is -2.39. The van der Waals surface area contributed by atoms with E-state index < -0.39 is 11.6 Å². The summed E-state index contributed by atoms with van der Waals surface area (Å²) in [6, 6.07) is 19.2. The number of rotatable bonds is 15. The van der Waals surface area contributed by atoms with Crippen LogP contribution in [0, 0.1) is 0 Å². The van der Waals surface area contributed by atoms with Crippen LogP contribution in [0.15, 0.2) is 60.7 Å². The molecule has 3 aromatic rings. The lowest BCUT2D eigenvalue weighted by molar-refractivity contribution is -0.158. The van der Waals surface area contributed by atoms with Crippen molar-refractivity contribution in [3.05, 3.63) is 66.2 Å². The van der Waals surface area contributed by atoms with Crippen molar-refractivity contribution in [3.63, 3.8) is 0 Å². The molecule has 0 saturated heterocycles. The largest absolute Gasteiger partial charge is 0.492 e. The number of unbranched alkanes of at least 4 members (excludes halogenated alkanes) is 4. The molecular weight excluding hydrogens is 504 g/mol. The van der Waals surface area contributed by atoms with Crippen molar-refractivity contribution >= 4 is 28.5 Å². The van der Waals surface area contributed by atoms with Crippen LogP contribution in [0.3, 0.4) is 0 Å². The third kappa shape index (κ3) is 8.63. The predicted molar refractivity (Wildman–Crippen MR) is 161 cm³/mol. The fourth-order valence-electron chi connectivity index (χ4n) is 4.53. The number of urea groups is 1. The van der Waals surface area contributed by atoms with Gasteiger partial charge in [0, 0.05) is 18.5 Å². The molecule has 2 amide bonds. The molecule has 0 aliphatic heterocycles. The highest BCUT2D eigenvalue weighted by atomic mass is 16.6. The summed E-state index contributed by atoms with van der Waals surface area (Å²) in [4.78, 5) is 27.8. The summed E-state index contributed by atoms with van der Waals surface area (Å²) in [6.45, 7) is 11.2. The van der Waals surface area contributed by atoms with Gasteiger partial charge in [-0.25, -0.2) is 9.59 Å². The fourth-order valence-corrected chi connectivity index (χ4v) is 4.53. The minimum atomic E-state index is -1.10. The van der Waals surface area contributed by atoms with E-state index in [0.29, 0.717) is 43.5 Å². The van der Waals surface area contributed by atoms with Crippen molar-refractivity contribution in [1.29, 1.82) is 0 Å². The third-order valence-corrected chi connectivity index (χ3v) is 6.68. The zero-order valence-electron chi connectivity index (χ0n) is 24.6. The van der Waals surface area contributed by atoms with Gasteiger partial charge >= 0.3 is 12.0 Å². The normalized spacial score (nSPS) is 11.2. The molecule has 0 aliphatic rings. The van der Waals surface area contributed by atoms with Gasteiger partial charge in [0.1, 0.15) is 11.5 Å². The Bertz CT molecular complexity index is 1240. The molecule has 0 atom stereocenters. The summed E-state index contributed by atoms with van der Waals surface area (Å²) in [5, 5.41) is 5.14. The molecule has 7 heteroatoms. The van der Waals surface area contributed by atoms with Gasteiger partial charge in [-0.1, -0.05) is 75.1 Å². The molecule has 0 radical (unpaired) electrons. The number of nitrogens with zero attached hydrogens (tertiary/aromatic N) is 1. The Labute approximate surface area is 238 Å². The second kappa shape index (κ2) is 15.2. The van der Waals surface area contributed by atoms with Gasteiger partial charge in [-0.05, 0) is 63.3 Å². The van der Waals surface area contributed by atoms with E-state index in [1.807, 2.05) is 72.5 Å². The molecule has 0 aliphatic carbocycles. The van der Waals surface area contributed by atoms with Gasteiger partial charge in [-0.15, -0.1) is 0 Å². The molecule has 0 bridgehead atoms. The van der Waals surface area contributed by atoms with Gasteiger partial charge in [-0.2, -0.15) is 0 Å². The van der Waals surface area contributed by atoms with Gasteiger partial charge in [0.05, 0.1) is 18.9 Å². The zero-order chi connectivity index (χ0) is 29.0. The second-order valence-electron chi connectivity index (χ2n) is 10.3. The molecular formula is C33H44N2O5. The van der Waals surface area contributed by atoms with Crippen LogP contribution in [0.5, 0.6) is 11.5 Å². The molecule has 0 saturated carbocycles. The summed E-state index contributed by atoms with van der Waals surface area (Å²) in [7, 11) is 0. The van der Waals surface area contributed by atoms with Crippen LogP contribution in [0.1, 0.15) is 72.3 Å². The Morgan fingerprint density at radius 2 is 1.57 bits per heavy atom. The Morgan fingerprint density at radius 3 is 2.27 bits per heavy atom. The quantitative estimate of drug-likeness (QED) is 0.154.